The van der Waals surface area contributed by atoms with Crippen molar-refractivity contribution < 1.29 is 9.59 Å². The number of benzene rings is 1. The maximum atomic E-state index is 13.2. The maximum absolute atomic E-state index is 13.2. The van der Waals surface area contributed by atoms with Crippen LogP contribution in [0.3, 0.4) is 0 Å². The van der Waals surface area contributed by atoms with E-state index in [2.05, 4.69) is 5.32 Å². The fourth-order valence-corrected chi connectivity index (χ4v) is 4.06. The zero-order chi connectivity index (χ0) is 17.6. The van der Waals surface area contributed by atoms with E-state index in [9.17, 15) is 9.59 Å². The van der Waals surface area contributed by atoms with Gasteiger partial charge in [-0.15, -0.1) is 11.3 Å². The maximum Gasteiger partial charge on any atom is 0.264 e. The first-order valence-corrected chi connectivity index (χ1v) is 9.66. The monoisotopic (exact) mass is 356 g/mol. The van der Waals surface area contributed by atoms with E-state index in [1.165, 1.54) is 11.3 Å². The van der Waals surface area contributed by atoms with Crippen molar-refractivity contribution in [2.45, 2.75) is 38.6 Å². The van der Waals surface area contributed by atoms with E-state index in [0.29, 0.717) is 13.0 Å². The Balaban J connectivity index is 1.94. The third-order valence-corrected chi connectivity index (χ3v) is 5.54. The van der Waals surface area contributed by atoms with Crippen LogP contribution in [0.1, 0.15) is 51.8 Å². The minimum Gasteiger partial charge on any atom is -0.356 e. The van der Waals surface area contributed by atoms with E-state index < -0.39 is 0 Å². The lowest BCUT2D eigenvalue weighted by atomic mass is 9.99. The summed E-state index contributed by atoms with van der Waals surface area (Å²) in [4.78, 5) is 29.3. The molecule has 0 saturated carbocycles. The number of thiophene rings is 1. The number of carbonyl (C=O) groups is 2. The van der Waals surface area contributed by atoms with E-state index in [0.717, 1.165) is 41.1 Å². The van der Waals surface area contributed by atoms with Crippen molar-refractivity contribution in [1.29, 1.82) is 0 Å². The van der Waals surface area contributed by atoms with Gasteiger partial charge >= 0.3 is 0 Å². The first kappa shape index (κ1) is 17.7. The van der Waals surface area contributed by atoms with E-state index >= 15 is 0 Å². The zero-order valence-corrected chi connectivity index (χ0v) is 15.3. The second kappa shape index (κ2) is 8.30. The van der Waals surface area contributed by atoms with Crippen LogP contribution in [0.25, 0.3) is 0 Å². The number of amides is 2. The van der Waals surface area contributed by atoms with Crippen LogP contribution in [0, 0.1) is 6.92 Å². The van der Waals surface area contributed by atoms with Gasteiger partial charge in [0.15, 0.2) is 0 Å². The van der Waals surface area contributed by atoms with Crippen LogP contribution in [-0.2, 0) is 4.79 Å². The minimum atomic E-state index is -0.228. The Morgan fingerprint density at radius 3 is 2.64 bits per heavy atom. The summed E-state index contributed by atoms with van der Waals surface area (Å²) in [6.45, 7) is 3.41. The molecule has 1 aromatic heterocycles. The number of rotatable bonds is 2. The van der Waals surface area contributed by atoms with E-state index in [1.807, 2.05) is 54.3 Å². The Hall–Kier alpha value is -2.14. The van der Waals surface area contributed by atoms with Gasteiger partial charge in [-0.25, -0.2) is 0 Å². The molecule has 1 aromatic carbocycles. The highest BCUT2D eigenvalue weighted by Gasteiger charge is 2.29. The largest absolute Gasteiger partial charge is 0.356 e. The smallest absolute Gasteiger partial charge is 0.264 e. The van der Waals surface area contributed by atoms with Crippen LogP contribution in [0.15, 0.2) is 42.5 Å². The van der Waals surface area contributed by atoms with E-state index in [1.54, 1.807) is 0 Å². The summed E-state index contributed by atoms with van der Waals surface area (Å²) in [5, 5.41) is 2.98. The van der Waals surface area contributed by atoms with E-state index in [4.69, 9.17) is 0 Å². The average molecular weight is 356 g/mol. The molecule has 2 aromatic rings. The summed E-state index contributed by atoms with van der Waals surface area (Å²) in [5.41, 5.74) is 1.01. The van der Waals surface area contributed by atoms with Gasteiger partial charge in [-0.3, -0.25) is 9.59 Å². The highest BCUT2D eigenvalue weighted by molar-refractivity contribution is 7.13. The molecule has 1 unspecified atom stereocenters. The minimum absolute atomic E-state index is 0.0101. The van der Waals surface area contributed by atoms with Crippen LogP contribution >= 0.6 is 11.3 Å². The van der Waals surface area contributed by atoms with Crippen LogP contribution in [0.5, 0.6) is 0 Å². The molecule has 1 N–H and O–H groups in total. The molecule has 0 bridgehead atoms. The van der Waals surface area contributed by atoms with Gasteiger partial charge in [0.2, 0.25) is 5.91 Å². The Kier molecular flexibility index (Phi) is 5.87. The first-order chi connectivity index (χ1) is 12.1. The Bertz CT molecular complexity index is 726. The van der Waals surface area contributed by atoms with Gasteiger partial charge in [0.05, 0.1) is 17.3 Å². The molecule has 1 aliphatic rings. The molecule has 0 aliphatic carbocycles. The van der Waals surface area contributed by atoms with Gasteiger partial charge in [0, 0.05) is 18.0 Å². The predicted molar refractivity (Wildman–Crippen MR) is 101 cm³/mol. The van der Waals surface area contributed by atoms with Gasteiger partial charge in [0.25, 0.3) is 5.91 Å². The number of nitrogens with zero attached hydrogens (tertiary/aromatic N) is 1. The van der Waals surface area contributed by atoms with Crippen molar-refractivity contribution in [3.05, 3.63) is 57.8 Å². The summed E-state index contributed by atoms with van der Waals surface area (Å²) in [6, 6.07) is 13.5. The summed E-state index contributed by atoms with van der Waals surface area (Å²) >= 11 is 1.52. The topological polar surface area (TPSA) is 49.4 Å². The molecule has 5 heteroatoms. The summed E-state index contributed by atoms with van der Waals surface area (Å²) in [6.07, 6.45) is 3.23. The van der Waals surface area contributed by atoms with Crippen molar-refractivity contribution >= 4 is 23.2 Å². The van der Waals surface area contributed by atoms with Crippen LogP contribution in [0.4, 0.5) is 0 Å². The lowest BCUT2D eigenvalue weighted by molar-refractivity contribution is -0.122. The molecule has 1 atom stereocenters. The second-order valence-corrected chi connectivity index (χ2v) is 7.74. The Labute approximate surface area is 152 Å². The fraction of sp³-hybridized carbons (Fsp3) is 0.400. The second-order valence-electron chi connectivity index (χ2n) is 6.45. The molecule has 2 heterocycles. The number of hydrogen-bond acceptors (Lipinski definition) is 3. The molecule has 4 nitrogen and oxygen atoms in total. The van der Waals surface area contributed by atoms with Crippen molar-refractivity contribution in [2.75, 3.05) is 13.1 Å². The Morgan fingerprint density at radius 2 is 1.92 bits per heavy atom. The molecular formula is C20H24N2O2S. The molecule has 25 heavy (non-hydrogen) atoms. The van der Waals surface area contributed by atoms with Crippen molar-refractivity contribution in [3.8, 4) is 0 Å². The zero-order valence-electron chi connectivity index (χ0n) is 14.5. The molecular weight excluding hydrogens is 332 g/mol. The number of aryl methyl sites for hydroxylation is 1. The number of hydrogen-bond donors (Lipinski definition) is 1. The molecule has 132 valence electrons. The standard InChI is InChI=1S/C20H24N2O2S/c1-15-10-11-18(25-15)20(24)22-13-7-3-6-12-21-19(23)14-17(22)16-8-4-2-5-9-16/h2,4-5,8-11,17H,3,6-7,12-14H2,1H3,(H,21,23). The lowest BCUT2D eigenvalue weighted by Crippen LogP contribution is -2.39. The number of nitrogens with one attached hydrogen (secondary N) is 1. The predicted octanol–water partition coefficient (Wildman–Crippen LogP) is 3.93. The van der Waals surface area contributed by atoms with Crippen LogP contribution in [0.2, 0.25) is 0 Å². The molecule has 0 radical (unpaired) electrons. The SMILES string of the molecule is Cc1ccc(C(=O)N2CCCCCNC(=O)CC2c2ccccc2)s1. The normalized spacial score (nSPS) is 19.3. The molecule has 2 amide bonds. The summed E-state index contributed by atoms with van der Waals surface area (Å²) < 4.78 is 0. The van der Waals surface area contributed by atoms with Crippen LogP contribution in [-0.4, -0.2) is 29.8 Å². The molecule has 1 fully saturated rings. The van der Waals surface area contributed by atoms with Gasteiger partial charge in [-0.1, -0.05) is 30.3 Å². The molecule has 1 saturated heterocycles. The van der Waals surface area contributed by atoms with Crippen molar-refractivity contribution in [3.63, 3.8) is 0 Å². The van der Waals surface area contributed by atoms with Gasteiger partial charge < -0.3 is 10.2 Å². The molecule has 1 aliphatic heterocycles. The highest BCUT2D eigenvalue weighted by Crippen LogP contribution is 2.29. The van der Waals surface area contributed by atoms with Crippen LogP contribution < -0.4 is 5.32 Å². The van der Waals surface area contributed by atoms with E-state index in [-0.39, 0.29) is 17.9 Å². The third-order valence-electron chi connectivity index (χ3n) is 4.55. The van der Waals surface area contributed by atoms with Gasteiger partial charge in [0.1, 0.15) is 0 Å². The van der Waals surface area contributed by atoms with Crippen molar-refractivity contribution in [2.24, 2.45) is 0 Å². The Morgan fingerprint density at radius 1 is 1.12 bits per heavy atom. The summed E-state index contributed by atoms with van der Waals surface area (Å²) in [7, 11) is 0. The van der Waals surface area contributed by atoms with Gasteiger partial charge in [-0.2, -0.15) is 0 Å². The van der Waals surface area contributed by atoms with Gasteiger partial charge in [-0.05, 0) is 43.9 Å². The summed E-state index contributed by atoms with van der Waals surface area (Å²) in [5.74, 6) is 0.0382. The average Bonchev–Trinajstić information content (AvgIpc) is 3.06. The number of carbonyl (C=O) groups excluding carboxylic acids is 2. The highest BCUT2D eigenvalue weighted by atomic mass is 32.1. The first-order valence-electron chi connectivity index (χ1n) is 8.84. The quantitative estimate of drug-likeness (QED) is 0.886. The van der Waals surface area contributed by atoms with Crippen molar-refractivity contribution in [1.82, 2.24) is 10.2 Å². The third kappa shape index (κ3) is 4.48. The molecule has 3 rings (SSSR count). The fourth-order valence-electron chi connectivity index (χ4n) is 3.23. The molecule has 0 spiro atoms. The lowest BCUT2D eigenvalue weighted by Gasteiger charge is -2.32.